The van der Waals surface area contributed by atoms with Crippen molar-refractivity contribution in [3.63, 3.8) is 0 Å². The lowest BCUT2D eigenvalue weighted by Gasteiger charge is -2.22. The average Bonchev–Trinajstić information content (AvgIpc) is 2.47. The Bertz CT molecular complexity index is 510. The first-order valence-electron chi connectivity index (χ1n) is 8.13. The fourth-order valence-corrected chi connectivity index (χ4v) is 2.20. The zero-order valence-corrected chi connectivity index (χ0v) is 14.9. The summed E-state index contributed by atoms with van der Waals surface area (Å²) < 4.78 is 0. The van der Waals surface area contributed by atoms with E-state index in [1.54, 1.807) is 4.90 Å². The molecular weight excluding hydrogens is 290 g/mol. The number of amides is 2. The first kappa shape index (κ1) is 19.0. The van der Waals surface area contributed by atoms with E-state index in [-0.39, 0.29) is 11.8 Å². The Morgan fingerprint density at radius 3 is 2.13 bits per heavy atom. The van der Waals surface area contributed by atoms with Crippen molar-refractivity contribution < 1.29 is 9.59 Å². The zero-order valence-electron chi connectivity index (χ0n) is 14.9. The lowest BCUT2D eigenvalue weighted by molar-refractivity contribution is -0.121. The number of nitrogens with one attached hydrogen (secondary N) is 1. The maximum absolute atomic E-state index is 11.9. The fourth-order valence-electron chi connectivity index (χ4n) is 2.20. The van der Waals surface area contributed by atoms with Gasteiger partial charge in [-0.2, -0.15) is 0 Å². The Hall–Kier alpha value is -2.04. The summed E-state index contributed by atoms with van der Waals surface area (Å²) in [5.41, 5.74) is 1.89. The number of nitrogens with zero attached hydrogens (tertiary/aromatic N) is 2. The third kappa shape index (κ3) is 6.72. The van der Waals surface area contributed by atoms with Crippen molar-refractivity contribution in [3.05, 3.63) is 24.3 Å². The quantitative estimate of drug-likeness (QED) is 0.801. The molecule has 0 saturated carbocycles. The van der Waals surface area contributed by atoms with E-state index >= 15 is 0 Å². The predicted octanol–water partition coefficient (Wildman–Crippen LogP) is 2.66. The first-order valence-corrected chi connectivity index (χ1v) is 8.13. The molecule has 0 saturated heterocycles. The second kappa shape index (κ2) is 9.18. The maximum Gasteiger partial charge on any atom is 0.223 e. The smallest absolute Gasteiger partial charge is 0.223 e. The van der Waals surface area contributed by atoms with Gasteiger partial charge in [-0.05, 0) is 36.6 Å². The minimum Gasteiger partial charge on any atom is -0.378 e. The molecule has 23 heavy (non-hydrogen) atoms. The molecule has 0 fully saturated rings. The molecule has 0 aliphatic rings. The highest BCUT2D eigenvalue weighted by Gasteiger charge is 2.13. The molecule has 0 radical (unpaired) electrons. The van der Waals surface area contributed by atoms with Crippen molar-refractivity contribution in [2.45, 2.75) is 33.6 Å². The number of carbonyl (C=O) groups excluding carboxylic acids is 2. The van der Waals surface area contributed by atoms with Gasteiger partial charge in [0.1, 0.15) is 0 Å². The van der Waals surface area contributed by atoms with Crippen molar-refractivity contribution in [2.24, 2.45) is 5.92 Å². The normalized spacial score (nSPS) is 10.5. The van der Waals surface area contributed by atoms with Gasteiger partial charge in [0.25, 0.3) is 0 Å². The number of anilines is 2. The molecule has 5 nitrogen and oxygen atoms in total. The number of hydrogen-bond donors (Lipinski definition) is 1. The van der Waals surface area contributed by atoms with E-state index in [1.807, 2.05) is 43.3 Å². The van der Waals surface area contributed by atoms with Crippen molar-refractivity contribution in [2.75, 3.05) is 37.0 Å². The number of benzene rings is 1. The Morgan fingerprint density at radius 1 is 1.09 bits per heavy atom. The first-order chi connectivity index (χ1) is 10.8. The van der Waals surface area contributed by atoms with Crippen molar-refractivity contribution in [3.8, 4) is 0 Å². The lowest BCUT2D eigenvalue weighted by atomic mass is 10.1. The molecule has 128 valence electrons. The summed E-state index contributed by atoms with van der Waals surface area (Å²) in [6.45, 7) is 6.86. The highest BCUT2D eigenvalue weighted by atomic mass is 16.2. The fraction of sp³-hybridized carbons (Fsp3) is 0.556. The van der Waals surface area contributed by atoms with Gasteiger partial charge in [0, 0.05) is 51.9 Å². The van der Waals surface area contributed by atoms with Crippen LogP contribution in [0.5, 0.6) is 0 Å². The van der Waals surface area contributed by atoms with E-state index < -0.39 is 0 Å². The molecule has 0 heterocycles. The van der Waals surface area contributed by atoms with Crippen LogP contribution >= 0.6 is 0 Å². The minimum absolute atomic E-state index is 0.0122. The Morgan fingerprint density at radius 2 is 1.65 bits per heavy atom. The molecule has 0 aliphatic carbocycles. The summed E-state index contributed by atoms with van der Waals surface area (Å²) in [5.74, 6) is 0.499. The van der Waals surface area contributed by atoms with Crippen LogP contribution in [0.3, 0.4) is 0 Å². The van der Waals surface area contributed by atoms with Crippen LogP contribution in [-0.4, -0.2) is 39.0 Å². The van der Waals surface area contributed by atoms with Gasteiger partial charge in [-0.3, -0.25) is 9.59 Å². The third-order valence-electron chi connectivity index (χ3n) is 3.66. The SMILES string of the molecule is CC(=O)N(CCC(=O)NCCC(C)C)c1ccc(N(C)C)cc1. The molecule has 0 unspecified atom stereocenters. The molecule has 1 rings (SSSR count). The number of hydrogen-bond acceptors (Lipinski definition) is 3. The molecule has 1 N–H and O–H groups in total. The van der Waals surface area contributed by atoms with Crippen molar-refractivity contribution in [1.82, 2.24) is 5.32 Å². The highest BCUT2D eigenvalue weighted by Crippen LogP contribution is 2.20. The topological polar surface area (TPSA) is 52.7 Å². The van der Waals surface area contributed by atoms with E-state index in [2.05, 4.69) is 19.2 Å². The molecule has 0 aromatic heterocycles. The Balaban J connectivity index is 2.58. The molecule has 1 aromatic carbocycles. The summed E-state index contributed by atoms with van der Waals surface area (Å²) in [5, 5.41) is 2.90. The van der Waals surface area contributed by atoms with Crippen LogP contribution in [0.15, 0.2) is 24.3 Å². The van der Waals surface area contributed by atoms with Crippen LogP contribution in [0, 0.1) is 5.92 Å². The van der Waals surface area contributed by atoms with Crippen molar-refractivity contribution in [1.29, 1.82) is 0 Å². The average molecular weight is 319 g/mol. The van der Waals surface area contributed by atoms with Crippen LogP contribution in [-0.2, 0) is 9.59 Å². The van der Waals surface area contributed by atoms with Crippen LogP contribution in [0.4, 0.5) is 11.4 Å². The summed E-state index contributed by atoms with van der Waals surface area (Å²) in [7, 11) is 3.94. The lowest BCUT2D eigenvalue weighted by Crippen LogP contribution is -2.34. The van der Waals surface area contributed by atoms with E-state index in [0.29, 0.717) is 25.4 Å². The van der Waals surface area contributed by atoms with Gasteiger partial charge in [0.05, 0.1) is 0 Å². The zero-order chi connectivity index (χ0) is 17.4. The summed E-state index contributed by atoms with van der Waals surface area (Å²) in [6.07, 6.45) is 1.28. The second-order valence-corrected chi connectivity index (χ2v) is 6.36. The minimum atomic E-state index is -0.0578. The molecule has 0 atom stereocenters. The largest absolute Gasteiger partial charge is 0.378 e. The monoisotopic (exact) mass is 319 g/mol. The highest BCUT2D eigenvalue weighted by molar-refractivity contribution is 5.92. The molecular formula is C18H29N3O2. The van der Waals surface area contributed by atoms with Gasteiger partial charge in [0.2, 0.25) is 11.8 Å². The maximum atomic E-state index is 11.9. The Labute approximate surface area is 139 Å². The summed E-state index contributed by atoms with van der Waals surface area (Å²) in [6, 6.07) is 7.75. The van der Waals surface area contributed by atoms with Gasteiger partial charge >= 0.3 is 0 Å². The van der Waals surface area contributed by atoms with E-state index in [0.717, 1.165) is 17.8 Å². The van der Waals surface area contributed by atoms with Crippen molar-refractivity contribution >= 4 is 23.2 Å². The summed E-state index contributed by atoms with van der Waals surface area (Å²) in [4.78, 5) is 27.4. The molecule has 0 bridgehead atoms. The molecule has 2 amide bonds. The van der Waals surface area contributed by atoms with Gasteiger partial charge in [0.15, 0.2) is 0 Å². The van der Waals surface area contributed by atoms with Crippen LogP contribution in [0.2, 0.25) is 0 Å². The van der Waals surface area contributed by atoms with Crippen LogP contribution in [0.1, 0.15) is 33.6 Å². The molecule has 0 aliphatic heterocycles. The van der Waals surface area contributed by atoms with Gasteiger partial charge < -0.3 is 15.1 Å². The van der Waals surface area contributed by atoms with E-state index in [9.17, 15) is 9.59 Å². The van der Waals surface area contributed by atoms with Gasteiger partial charge in [-0.25, -0.2) is 0 Å². The van der Waals surface area contributed by atoms with E-state index in [1.165, 1.54) is 6.92 Å². The number of rotatable bonds is 8. The third-order valence-corrected chi connectivity index (χ3v) is 3.66. The number of carbonyl (C=O) groups is 2. The molecule has 1 aromatic rings. The van der Waals surface area contributed by atoms with Gasteiger partial charge in [-0.15, -0.1) is 0 Å². The second-order valence-electron chi connectivity index (χ2n) is 6.36. The predicted molar refractivity (Wildman–Crippen MR) is 95.9 cm³/mol. The summed E-state index contributed by atoms with van der Waals surface area (Å²) >= 11 is 0. The van der Waals surface area contributed by atoms with Crippen LogP contribution < -0.4 is 15.1 Å². The molecule has 0 spiro atoms. The van der Waals surface area contributed by atoms with Crippen LogP contribution in [0.25, 0.3) is 0 Å². The van der Waals surface area contributed by atoms with E-state index in [4.69, 9.17) is 0 Å². The molecule has 5 heteroatoms. The Kier molecular flexibility index (Phi) is 7.59. The standard InChI is InChI=1S/C18H29N3O2/c1-14(2)10-12-19-18(23)11-13-21(15(3)22)17-8-6-16(7-9-17)20(4)5/h6-9,14H,10-13H2,1-5H3,(H,19,23). The van der Waals surface area contributed by atoms with Gasteiger partial charge in [-0.1, -0.05) is 13.8 Å².